The Morgan fingerprint density at radius 3 is 2.40 bits per heavy atom. The molecule has 0 fully saturated rings. The average Bonchev–Trinajstić information content (AvgIpc) is 2.62. The molecule has 0 aliphatic rings. The lowest BCUT2D eigenvalue weighted by molar-refractivity contribution is 0.331. The van der Waals surface area contributed by atoms with Gasteiger partial charge in [-0.1, -0.05) is 47.6 Å². The molecule has 0 heterocycles. The van der Waals surface area contributed by atoms with E-state index >= 15 is 0 Å². The Bertz CT molecular complexity index is 801. The Morgan fingerprint density at radius 2 is 1.76 bits per heavy atom. The first kappa shape index (κ1) is 19.1. The molecule has 0 saturated carbocycles. The number of aliphatic hydroxyl groups is 1. The first-order chi connectivity index (χ1) is 12.0. The maximum atomic E-state index is 10.7. The van der Waals surface area contributed by atoms with Gasteiger partial charge < -0.3 is 14.9 Å². The van der Waals surface area contributed by atoms with E-state index in [0.717, 1.165) is 46.1 Å². The molecule has 0 atom stereocenters. The van der Waals surface area contributed by atoms with Crippen LogP contribution in [0.25, 0.3) is 10.8 Å². The zero-order valence-corrected chi connectivity index (χ0v) is 15.6. The zero-order chi connectivity index (χ0) is 18.4. The monoisotopic (exact) mass is 340 g/mol. The van der Waals surface area contributed by atoms with E-state index in [2.05, 4.69) is 19.1 Å². The van der Waals surface area contributed by atoms with Crippen LogP contribution < -0.4 is 4.74 Å². The van der Waals surface area contributed by atoms with Crippen LogP contribution in [0.4, 0.5) is 0 Å². The molecule has 3 nitrogen and oxygen atoms in total. The highest BCUT2D eigenvalue weighted by molar-refractivity contribution is 5.95. The molecule has 2 rings (SSSR count). The number of aliphatic hydroxyl groups excluding tert-OH is 1. The summed E-state index contributed by atoms with van der Waals surface area (Å²) in [5.74, 6) is 1.17. The fraction of sp³-hybridized carbons (Fsp3) is 0.364. The van der Waals surface area contributed by atoms with Crippen molar-refractivity contribution in [1.29, 1.82) is 0 Å². The van der Waals surface area contributed by atoms with Crippen molar-refractivity contribution in [2.24, 2.45) is 0 Å². The van der Waals surface area contributed by atoms with E-state index in [0.29, 0.717) is 12.2 Å². The molecule has 2 N–H and O–H groups in total. The van der Waals surface area contributed by atoms with E-state index in [1.807, 2.05) is 38.1 Å². The van der Waals surface area contributed by atoms with Gasteiger partial charge >= 0.3 is 0 Å². The van der Waals surface area contributed by atoms with Crippen LogP contribution in [0, 0.1) is 6.92 Å². The molecule has 0 aromatic heterocycles. The van der Waals surface area contributed by atoms with Gasteiger partial charge in [0, 0.05) is 16.3 Å². The number of phenolic OH excluding ortho intramolecular Hbond substituents is 1. The number of hydrogen-bond acceptors (Lipinski definition) is 3. The molecule has 25 heavy (non-hydrogen) atoms. The van der Waals surface area contributed by atoms with Crippen LogP contribution in [0.1, 0.15) is 37.8 Å². The molecule has 0 amide bonds. The van der Waals surface area contributed by atoms with Gasteiger partial charge in [0.25, 0.3) is 0 Å². The zero-order valence-electron chi connectivity index (χ0n) is 15.6. The highest BCUT2D eigenvalue weighted by atomic mass is 16.5. The molecule has 0 spiro atoms. The molecule has 0 unspecified atom stereocenters. The molecular weight excluding hydrogens is 312 g/mol. The predicted octanol–water partition coefficient (Wildman–Crippen LogP) is 5.07. The third kappa shape index (κ3) is 4.43. The molecule has 2 aromatic carbocycles. The molecule has 0 aliphatic carbocycles. The van der Waals surface area contributed by atoms with Crippen molar-refractivity contribution >= 4 is 10.8 Å². The molecule has 0 aliphatic heterocycles. The summed E-state index contributed by atoms with van der Waals surface area (Å²) in [6, 6.07) is 7.78. The third-order valence-electron chi connectivity index (χ3n) is 4.65. The Morgan fingerprint density at radius 1 is 1.08 bits per heavy atom. The minimum Gasteiger partial charge on any atom is -0.507 e. The normalized spacial score (nSPS) is 12.7. The lowest BCUT2D eigenvalue weighted by atomic mass is 9.95. The van der Waals surface area contributed by atoms with Gasteiger partial charge in [-0.2, -0.15) is 0 Å². The van der Waals surface area contributed by atoms with Crippen molar-refractivity contribution < 1.29 is 14.9 Å². The summed E-state index contributed by atoms with van der Waals surface area (Å²) >= 11 is 0. The van der Waals surface area contributed by atoms with Gasteiger partial charge in [-0.3, -0.25) is 0 Å². The van der Waals surface area contributed by atoms with Gasteiger partial charge in [-0.15, -0.1) is 0 Å². The van der Waals surface area contributed by atoms with Gasteiger partial charge in [-0.25, -0.2) is 0 Å². The van der Waals surface area contributed by atoms with E-state index in [4.69, 9.17) is 9.84 Å². The quantitative estimate of drug-likeness (QED) is 0.692. The topological polar surface area (TPSA) is 49.7 Å². The third-order valence-corrected chi connectivity index (χ3v) is 4.65. The smallest absolute Gasteiger partial charge is 0.130 e. The van der Waals surface area contributed by atoms with E-state index in [1.54, 1.807) is 7.11 Å². The number of phenols is 1. The van der Waals surface area contributed by atoms with Gasteiger partial charge in [-0.05, 0) is 45.6 Å². The van der Waals surface area contributed by atoms with Crippen LogP contribution >= 0.6 is 0 Å². The summed E-state index contributed by atoms with van der Waals surface area (Å²) in [6.45, 7) is 6.15. The summed E-state index contributed by atoms with van der Waals surface area (Å²) in [5.41, 5.74) is 4.17. The fourth-order valence-corrected chi connectivity index (χ4v) is 3.07. The number of benzene rings is 2. The highest BCUT2D eigenvalue weighted by Gasteiger charge is 2.15. The lowest BCUT2D eigenvalue weighted by Crippen LogP contribution is -1.96. The minimum absolute atomic E-state index is 0.118. The summed E-state index contributed by atoms with van der Waals surface area (Å²) in [6.07, 6.45) is 6.77. The maximum absolute atomic E-state index is 10.7. The second-order valence-corrected chi connectivity index (χ2v) is 6.53. The first-order valence-electron chi connectivity index (χ1n) is 8.68. The van der Waals surface area contributed by atoms with E-state index in [9.17, 15) is 5.11 Å². The summed E-state index contributed by atoms with van der Waals surface area (Å²) < 4.78 is 5.60. The Hall–Kier alpha value is -2.26. The Labute approximate surface area is 150 Å². The summed E-state index contributed by atoms with van der Waals surface area (Å²) in [4.78, 5) is 0. The number of hydrogen-bond donors (Lipinski definition) is 2. The van der Waals surface area contributed by atoms with E-state index in [-0.39, 0.29) is 6.61 Å². The molecule has 0 radical (unpaired) electrons. The summed E-state index contributed by atoms with van der Waals surface area (Å²) in [5, 5.41) is 21.5. The van der Waals surface area contributed by atoms with Crippen molar-refractivity contribution in [2.75, 3.05) is 13.7 Å². The van der Waals surface area contributed by atoms with E-state index < -0.39 is 0 Å². The lowest BCUT2D eigenvalue weighted by Gasteiger charge is -2.16. The highest BCUT2D eigenvalue weighted by Crippen LogP contribution is 2.40. The molecule has 2 aromatic rings. The van der Waals surface area contributed by atoms with Crippen LogP contribution in [-0.4, -0.2) is 23.9 Å². The molecule has 0 bridgehead atoms. The maximum Gasteiger partial charge on any atom is 0.130 e. The van der Waals surface area contributed by atoms with Gasteiger partial charge in [0.1, 0.15) is 11.5 Å². The van der Waals surface area contributed by atoms with Crippen molar-refractivity contribution in [3.8, 4) is 11.5 Å². The number of aromatic hydroxyl groups is 1. The van der Waals surface area contributed by atoms with Crippen LogP contribution in [0.2, 0.25) is 0 Å². The molecule has 3 heteroatoms. The van der Waals surface area contributed by atoms with Crippen molar-refractivity contribution in [1.82, 2.24) is 0 Å². The largest absolute Gasteiger partial charge is 0.507 e. The molecule has 134 valence electrons. The standard InChI is InChI=1S/C22H28O3/c1-15(8-7-9-16(2)14-23)12-13-18-17(3)22(25-4)20-11-6-5-10-19(20)21(18)24/h5-6,9-12,23-24H,7-8,13-14H2,1-4H3/b15-12+,16-9+. The molecular formula is C22H28O3. The number of methoxy groups -OCH3 is 1. The van der Waals surface area contributed by atoms with Crippen LogP contribution in [0.5, 0.6) is 11.5 Å². The van der Waals surface area contributed by atoms with Gasteiger partial charge in [0.15, 0.2) is 0 Å². The number of rotatable bonds is 7. The van der Waals surface area contributed by atoms with E-state index in [1.165, 1.54) is 5.57 Å². The predicted molar refractivity (Wildman–Crippen MR) is 104 cm³/mol. The molecule has 0 saturated heterocycles. The second-order valence-electron chi connectivity index (χ2n) is 6.53. The average molecular weight is 340 g/mol. The van der Waals surface area contributed by atoms with Gasteiger partial charge in [0.2, 0.25) is 0 Å². The minimum atomic E-state index is 0.118. The SMILES string of the molecule is COc1c(C)c(C/C=C(\C)CC/C=C(\C)CO)c(O)c2ccccc12. The van der Waals surface area contributed by atoms with Crippen LogP contribution in [-0.2, 0) is 6.42 Å². The van der Waals surface area contributed by atoms with Gasteiger partial charge in [0.05, 0.1) is 13.7 Å². The van der Waals surface area contributed by atoms with Crippen LogP contribution in [0.15, 0.2) is 47.6 Å². The van der Waals surface area contributed by atoms with Crippen molar-refractivity contribution in [3.05, 3.63) is 58.7 Å². The second kappa shape index (κ2) is 8.72. The van der Waals surface area contributed by atoms with Crippen LogP contribution in [0.3, 0.4) is 0 Å². The Balaban J connectivity index is 2.27. The number of allylic oxidation sites excluding steroid dienone is 3. The summed E-state index contributed by atoms with van der Waals surface area (Å²) in [7, 11) is 1.67. The Kier molecular flexibility index (Phi) is 6.65. The van der Waals surface area contributed by atoms with Crippen molar-refractivity contribution in [3.63, 3.8) is 0 Å². The fourth-order valence-electron chi connectivity index (χ4n) is 3.07. The first-order valence-corrected chi connectivity index (χ1v) is 8.68. The number of fused-ring (bicyclic) bond motifs is 1. The van der Waals surface area contributed by atoms with Crippen molar-refractivity contribution in [2.45, 2.75) is 40.0 Å². The number of ether oxygens (including phenoxy) is 1.